The van der Waals surface area contributed by atoms with Gasteiger partial charge in [0.05, 0.1) is 0 Å². The molecule has 1 N–H and O–H groups in total. The van der Waals surface area contributed by atoms with Crippen molar-refractivity contribution in [2.24, 2.45) is 5.92 Å². The van der Waals surface area contributed by atoms with Crippen LogP contribution in [0.2, 0.25) is 0 Å². The fraction of sp³-hybridized carbons (Fsp3) is 0.300. The van der Waals surface area contributed by atoms with Crippen molar-refractivity contribution in [3.63, 3.8) is 0 Å². The first-order chi connectivity index (χ1) is 12.5. The lowest BCUT2D eigenvalue weighted by molar-refractivity contribution is -0.151. The molecular weight excluding hydrogens is 340 g/mol. The molecule has 2 aromatic rings. The van der Waals surface area contributed by atoms with Crippen molar-refractivity contribution in [2.75, 3.05) is 6.54 Å². The van der Waals surface area contributed by atoms with Gasteiger partial charge in [-0.1, -0.05) is 30.3 Å². The lowest BCUT2D eigenvalue weighted by atomic mass is 9.92. The van der Waals surface area contributed by atoms with Crippen LogP contribution in [-0.4, -0.2) is 28.4 Å². The minimum Gasteiger partial charge on any atom is -0.479 e. The maximum atomic E-state index is 14.0. The summed E-state index contributed by atoms with van der Waals surface area (Å²) in [6.45, 7) is 0.287. The highest BCUT2D eigenvalue weighted by molar-refractivity contribution is 5.89. The smallest absolute Gasteiger partial charge is 0.331 e. The van der Waals surface area contributed by atoms with Crippen LogP contribution in [0.25, 0.3) is 0 Å². The molecule has 1 amide bonds. The SMILES string of the molecule is O=C(O)C1c2ccccc2CCN1C(=O)C1CC1c1c(F)cccc1F. The molecule has 4 rings (SSSR count). The molecule has 0 radical (unpaired) electrons. The Labute approximate surface area is 149 Å². The topological polar surface area (TPSA) is 57.6 Å². The summed E-state index contributed by atoms with van der Waals surface area (Å²) in [5.74, 6) is -3.88. The molecule has 1 fully saturated rings. The molecule has 1 heterocycles. The van der Waals surface area contributed by atoms with Gasteiger partial charge in [0.1, 0.15) is 11.6 Å². The summed E-state index contributed by atoms with van der Waals surface area (Å²) in [4.78, 5) is 26.1. The summed E-state index contributed by atoms with van der Waals surface area (Å²) in [5.41, 5.74) is 1.44. The minimum atomic E-state index is -1.10. The summed E-state index contributed by atoms with van der Waals surface area (Å²) >= 11 is 0. The number of halogens is 2. The number of carbonyl (C=O) groups is 2. The molecule has 2 aromatic carbocycles. The van der Waals surface area contributed by atoms with E-state index < -0.39 is 35.5 Å². The number of hydrogen-bond donors (Lipinski definition) is 1. The molecule has 0 spiro atoms. The van der Waals surface area contributed by atoms with Gasteiger partial charge in [0.25, 0.3) is 0 Å². The van der Waals surface area contributed by atoms with Crippen molar-refractivity contribution in [1.29, 1.82) is 0 Å². The molecule has 0 bridgehead atoms. The summed E-state index contributed by atoms with van der Waals surface area (Å²) in [6.07, 6.45) is 0.901. The summed E-state index contributed by atoms with van der Waals surface area (Å²) in [7, 11) is 0. The Balaban J connectivity index is 1.60. The maximum absolute atomic E-state index is 14.0. The Morgan fingerprint density at radius 1 is 1.04 bits per heavy atom. The van der Waals surface area contributed by atoms with Crippen molar-refractivity contribution in [1.82, 2.24) is 4.90 Å². The number of carboxylic acids is 1. The molecule has 0 saturated heterocycles. The zero-order chi connectivity index (χ0) is 18.4. The van der Waals surface area contributed by atoms with Gasteiger partial charge in [0.15, 0.2) is 6.04 Å². The molecular formula is C20H17F2NO3. The average molecular weight is 357 g/mol. The van der Waals surface area contributed by atoms with Crippen LogP contribution in [0.1, 0.15) is 35.1 Å². The number of nitrogens with zero attached hydrogens (tertiary/aromatic N) is 1. The predicted molar refractivity (Wildman–Crippen MR) is 89.4 cm³/mol. The van der Waals surface area contributed by atoms with Crippen molar-refractivity contribution < 1.29 is 23.5 Å². The number of fused-ring (bicyclic) bond motifs is 1. The Morgan fingerprint density at radius 3 is 2.42 bits per heavy atom. The monoisotopic (exact) mass is 357 g/mol. The molecule has 3 atom stereocenters. The van der Waals surface area contributed by atoms with Crippen LogP contribution >= 0.6 is 0 Å². The molecule has 134 valence electrons. The van der Waals surface area contributed by atoms with Gasteiger partial charge in [0, 0.05) is 23.9 Å². The van der Waals surface area contributed by atoms with Crippen molar-refractivity contribution in [3.8, 4) is 0 Å². The van der Waals surface area contributed by atoms with Crippen molar-refractivity contribution in [2.45, 2.75) is 24.8 Å². The summed E-state index contributed by atoms with van der Waals surface area (Å²) in [5, 5.41) is 9.66. The molecule has 6 heteroatoms. The van der Waals surface area contributed by atoms with E-state index in [9.17, 15) is 23.5 Å². The highest BCUT2D eigenvalue weighted by atomic mass is 19.1. The number of hydrogen-bond acceptors (Lipinski definition) is 2. The zero-order valence-corrected chi connectivity index (χ0v) is 13.9. The van der Waals surface area contributed by atoms with Crippen molar-refractivity contribution in [3.05, 3.63) is 70.8 Å². The second kappa shape index (κ2) is 6.20. The molecule has 1 aliphatic carbocycles. The Kier molecular flexibility index (Phi) is 3.98. The van der Waals surface area contributed by atoms with Gasteiger partial charge >= 0.3 is 5.97 Å². The third kappa shape index (κ3) is 2.66. The van der Waals surface area contributed by atoms with E-state index in [0.29, 0.717) is 18.4 Å². The Hall–Kier alpha value is -2.76. The molecule has 3 unspecified atom stereocenters. The van der Waals surface area contributed by atoms with Crippen LogP contribution in [0.5, 0.6) is 0 Å². The zero-order valence-electron chi connectivity index (χ0n) is 13.9. The van der Waals surface area contributed by atoms with E-state index in [1.807, 2.05) is 12.1 Å². The number of aliphatic carboxylic acids is 1. The Morgan fingerprint density at radius 2 is 1.73 bits per heavy atom. The minimum absolute atomic E-state index is 0.0739. The molecule has 0 aromatic heterocycles. The van der Waals surface area contributed by atoms with Crippen LogP contribution in [0.4, 0.5) is 8.78 Å². The third-order valence-electron chi connectivity index (χ3n) is 5.28. The largest absolute Gasteiger partial charge is 0.479 e. The molecule has 2 aliphatic rings. The number of amides is 1. The van der Waals surface area contributed by atoms with Crippen LogP contribution in [0.3, 0.4) is 0 Å². The number of benzene rings is 2. The Bertz CT molecular complexity index is 878. The first kappa shape index (κ1) is 16.7. The van der Waals surface area contributed by atoms with E-state index in [0.717, 1.165) is 5.56 Å². The third-order valence-corrected chi connectivity index (χ3v) is 5.28. The van der Waals surface area contributed by atoms with Gasteiger partial charge in [-0.15, -0.1) is 0 Å². The second-order valence-electron chi connectivity index (χ2n) is 6.81. The number of rotatable bonds is 3. The van der Waals surface area contributed by atoms with E-state index in [1.54, 1.807) is 12.1 Å². The lowest BCUT2D eigenvalue weighted by Crippen LogP contribution is -2.44. The molecule has 1 saturated carbocycles. The highest BCUT2D eigenvalue weighted by Gasteiger charge is 2.50. The van der Waals surface area contributed by atoms with E-state index in [4.69, 9.17) is 0 Å². The lowest BCUT2D eigenvalue weighted by Gasteiger charge is -2.35. The van der Waals surface area contributed by atoms with Crippen LogP contribution in [0.15, 0.2) is 42.5 Å². The molecule has 26 heavy (non-hydrogen) atoms. The highest BCUT2D eigenvalue weighted by Crippen LogP contribution is 2.51. The van der Waals surface area contributed by atoms with E-state index in [1.165, 1.54) is 23.1 Å². The average Bonchev–Trinajstić information content (AvgIpc) is 3.40. The van der Waals surface area contributed by atoms with E-state index >= 15 is 0 Å². The van der Waals surface area contributed by atoms with Gasteiger partial charge in [-0.2, -0.15) is 0 Å². The first-order valence-electron chi connectivity index (χ1n) is 8.54. The fourth-order valence-corrected chi connectivity index (χ4v) is 3.94. The normalized spacial score (nSPS) is 24.1. The van der Waals surface area contributed by atoms with Gasteiger partial charge in [0.2, 0.25) is 5.91 Å². The number of carbonyl (C=O) groups excluding carboxylic acids is 1. The molecule has 4 nitrogen and oxygen atoms in total. The van der Waals surface area contributed by atoms with E-state index in [-0.39, 0.29) is 18.0 Å². The van der Waals surface area contributed by atoms with Gasteiger partial charge in [-0.25, -0.2) is 13.6 Å². The number of carboxylic acid groups (broad SMARTS) is 1. The maximum Gasteiger partial charge on any atom is 0.331 e. The quantitative estimate of drug-likeness (QED) is 0.917. The summed E-state index contributed by atoms with van der Waals surface area (Å²) in [6, 6.07) is 9.75. The van der Waals surface area contributed by atoms with E-state index in [2.05, 4.69) is 0 Å². The first-order valence-corrected chi connectivity index (χ1v) is 8.54. The summed E-state index contributed by atoms with van der Waals surface area (Å²) < 4.78 is 27.9. The standard InChI is InChI=1S/C20H17F2NO3/c21-15-6-3-7-16(22)17(15)13-10-14(13)19(24)23-9-8-11-4-1-2-5-12(11)18(23)20(25)26/h1-7,13-14,18H,8-10H2,(H,25,26). The van der Waals surface area contributed by atoms with Gasteiger partial charge in [-0.3, -0.25) is 4.79 Å². The van der Waals surface area contributed by atoms with Crippen LogP contribution < -0.4 is 0 Å². The second-order valence-corrected chi connectivity index (χ2v) is 6.81. The van der Waals surface area contributed by atoms with Gasteiger partial charge < -0.3 is 10.0 Å². The fourth-order valence-electron chi connectivity index (χ4n) is 3.94. The predicted octanol–water partition coefficient (Wildman–Crippen LogP) is 3.28. The van der Waals surface area contributed by atoms with Gasteiger partial charge in [-0.05, 0) is 36.1 Å². The van der Waals surface area contributed by atoms with Crippen LogP contribution in [-0.2, 0) is 16.0 Å². The van der Waals surface area contributed by atoms with Crippen molar-refractivity contribution >= 4 is 11.9 Å². The van der Waals surface area contributed by atoms with Crippen LogP contribution in [0, 0.1) is 17.6 Å². The molecule has 1 aliphatic heterocycles.